The van der Waals surface area contributed by atoms with E-state index in [4.69, 9.17) is 11.6 Å². The first kappa shape index (κ1) is 9.17. The number of thioether (sulfide) groups is 1. The summed E-state index contributed by atoms with van der Waals surface area (Å²) in [6.07, 6.45) is 0. The lowest BCUT2D eigenvalue weighted by Crippen LogP contribution is -1.66. The summed E-state index contributed by atoms with van der Waals surface area (Å²) in [6.45, 7) is 0. The topological polar surface area (TPSA) is 0 Å². The standard InChI is InChI=1S/C8H6BrClS/c9-5-6-11-8-3-1-7(10)2-4-8/h1-6H. The lowest BCUT2D eigenvalue weighted by molar-refractivity contribution is 1.47. The second-order valence-corrected chi connectivity index (χ2v) is 3.78. The van der Waals surface area contributed by atoms with E-state index >= 15 is 0 Å². The van der Waals surface area contributed by atoms with Gasteiger partial charge in [0.05, 0.1) is 0 Å². The molecule has 58 valence electrons. The molecule has 0 amide bonds. The Morgan fingerprint density at radius 3 is 2.45 bits per heavy atom. The van der Waals surface area contributed by atoms with E-state index in [2.05, 4.69) is 15.9 Å². The van der Waals surface area contributed by atoms with Gasteiger partial charge in [-0.05, 0) is 34.7 Å². The van der Waals surface area contributed by atoms with Gasteiger partial charge >= 0.3 is 0 Å². The molecule has 0 aliphatic carbocycles. The van der Waals surface area contributed by atoms with Crippen LogP contribution < -0.4 is 0 Å². The molecule has 1 aromatic rings. The molecule has 11 heavy (non-hydrogen) atoms. The van der Waals surface area contributed by atoms with Crippen LogP contribution >= 0.6 is 39.3 Å². The maximum Gasteiger partial charge on any atom is 0.0406 e. The highest BCUT2D eigenvalue weighted by Crippen LogP contribution is 2.21. The molecule has 1 rings (SSSR count). The minimum absolute atomic E-state index is 0.775. The molecule has 0 unspecified atom stereocenters. The van der Waals surface area contributed by atoms with Crippen molar-refractivity contribution in [1.29, 1.82) is 0 Å². The molecule has 0 aliphatic rings. The fraction of sp³-hybridized carbons (Fsp3) is 0. The molecule has 0 bridgehead atoms. The smallest absolute Gasteiger partial charge is 0.0406 e. The summed E-state index contributed by atoms with van der Waals surface area (Å²) in [5.41, 5.74) is 0. The van der Waals surface area contributed by atoms with E-state index in [1.807, 2.05) is 34.7 Å². The first-order chi connectivity index (χ1) is 5.33. The molecule has 0 radical (unpaired) electrons. The number of hydrogen-bond donors (Lipinski definition) is 0. The third-order valence-corrected chi connectivity index (χ3v) is 2.75. The van der Waals surface area contributed by atoms with E-state index in [1.54, 1.807) is 11.8 Å². The molecule has 0 atom stereocenters. The van der Waals surface area contributed by atoms with Crippen LogP contribution in [0.3, 0.4) is 0 Å². The predicted octanol–water partition coefficient (Wildman–Crippen LogP) is 4.30. The number of hydrogen-bond acceptors (Lipinski definition) is 1. The molecular weight excluding hydrogens is 244 g/mol. The highest BCUT2D eigenvalue weighted by atomic mass is 79.9. The summed E-state index contributed by atoms with van der Waals surface area (Å²) in [4.78, 5) is 3.01. The summed E-state index contributed by atoms with van der Waals surface area (Å²) in [7, 11) is 0. The van der Waals surface area contributed by atoms with Gasteiger partial charge in [0.2, 0.25) is 0 Å². The monoisotopic (exact) mass is 248 g/mol. The summed E-state index contributed by atoms with van der Waals surface area (Å²) in [6, 6.07) is 7.73. The Labute approximate surface area is 83.8 Å². The minimum atomic E-state index is 0.775. The Hall–Kier alpha value is 0.0800. The third kappa shape index (κ3) is 3.32. The van der Waals surface area contributed by atoms with Crippen LogP contribution in [0.2, 0.25) is 5.02 Å². The van der Waals surface area contributed by atoms with E-state index in [0.29, 0.717) is 0 Å². The average molecular weight is 250 g/mol. The molecule has 0 fully saturated rings. The van der Waals surface area contributed by atoms with Gasteiger partial charge in [-0.25, -0.2) is 0 Å². The summed E-state index contributed by atoms with van der Waals surface area (Å²) in [5, 5.41) is 2.74. The maximum absolute atomic E-state index is 5.71. The van der Waals surface area contributed by atoms with Gasteiger partial charge < -0.3 is 0 Å². The third-order valence-electron chi connectivity index (χ3n) is 1.07. The van der Waals surface area contributed by atoms with Gasteiger partial charge in [-0.1, -0.05) is 39.3 Å². The first-order valence-corrected chi connectivity index (χ1v) is 5.18. The van der Waals surface area contributed by atoms with E-state index < -0.39 is 0 Å². The van der Waals surface area contributed by atoms with Crippen molar-refractivity contribution in [1.82, 2.24) is 0 Å². The Bertz CT molecular complexity index is 243. The highest BCUT2D eigenvalue weighted by Gasteiger charge is 1.89. The molecule has 0 aliphatic heterocycles. The van der Waals surface area contributed by atoms with Crippen molar-refractivity contribution >= 4 is 39.3 Å². The van der Waals surface area contributed by atoms with Gasteiger partial charge in [-0.15, -0.1) is 0 Å². The van der Waals surface area contributed by atoms with Crippen LogP contribution in [0.15, 0.2) is 39.6 Å². The fourth-order valence-electron chi connectivity index (χ4n) is 0.617. The molecule has 0 N–H and O–H groups in total. The summed E-state index contributed by atoms with van der Waals surface area (Å²) < 4.78 is 0. The van der Waals surface area contributed by atoms with Crippen molar-refractivity contribution < 1.29 is 0 Å². The van der Waals surface area contributed by atoms with Crippen molar-refractivity contribution in [3.05, 3.63) is 39.7 Å². The molecule has 0 nitrogen and oxygen atoms in total. The Balaban J connectivity index is 2.66. The summed E-state index contributed by atoms with van der Waals surface area (Å²) in [5.74, 6) is 0. The van der Waals surface area contributed by atoms with Crippen LogP contribution in [0.5, 0.6) is 0 Å². The van der Waals surface area contributed by atoms with Crippen molar-refractivity contribution in [2.75, 3.05) is 0 Å². The van der Waals surface area contributed by atoms with E-state index in [-0.39, 0.29) is 0 Å². The number of halogens is 2. The van der Waals surface area contributed by atoms with Crippen LogP contribution in [0.25, 0.3) is 0 Å². The van der Waals surface area contributed by atoms with Crippen molar-refractivity contribution in [3.63, 3.8) is 0 Å². The number of benzene rings is 1. The normalized spacial score (nSPS) is 10.7. The van der Waals surface area contributed by atoms with E-state index in [1.165, 1.54) is 4.90 Å². The molecule has 0 saturated carbocycles. The molecule has 0 spiro atoms. The second kappa shape index (κ2) is 4.86. The molecule has 0 saturated heterocycles. The lowest BCUT2D eigenvalue weighted by Gasteiger charge is -1.93. The Kier molecular flexibility index (Phi) is 4.05. The van der Waals surface area contributed by atoms with E-state index in [0.717, 1.165) is 5.02 Å². The zero-order valence-electron chi connectivity index (χ0n) is 5.63. The largest absolute Gasteiger partial charge is 0.0975 e. The molecule has 0 heterocycles. The van der Waals surface area contributed by atoms with Gasteiger partial charge in [0.1, 0.15) is 0 Å². The zero-order valence-corrected chi connectivity index (χ0v) is 8.79. The Morgan fingerprint density at radius 2 is 1.91 bits per heavy atom. The van der Waals surface area contributed by atoms with Crippen LogP contribution in [0.4, 0.5) is 0 Å². The second-order valence-electron chi connectivity index (χ2n) is 1.83. The molecule has 1 aromatic carbocycles. The van der Waals surface area contributed by atoms with Gasteiger partial charge in [0.25, 0.3) is 0 Å². The van der Waals surface area contributed by atoms with Gasteiger partial charge in [0.15, 0.2) is 0 Å². The number of rotatable bonds is 2. The van der Waals surface area contributed by atoms with Crippen molar-refractivity contribution in [3.8, 4) is 0 Å². The molecule has 3 heteroatoms. The fourth-order valence-corrected chi connectivity index (χ4v) is 1.57. The quantitative estimate of drug-likeness (QED) is 0.704. The lowest BCUT2D eigenvalue weighted by atomic mass is 10.4. The highest BCUT2D eigenvalue weighted by molar-refractivity contribution is 9.11. The zero-order chi connectivity index (χ0) is 8.10. The molecular formula is C8H6BrClS. The van der Waals surface area contributed by atoms with Crippen molar-refractivity contribution in [2.45, 2.75) is 4.90 Å². The molecule has 0 aromatic heterocycles. The van der Waals surface area contributed by atoms with Gasteiger partial charge in [-0.3, -0.25) is 0 Å². The van der Waals surface area contributed by atoms with Crippen LogP contribution in [-0.2, 0) is 0 Å². The van der Waals surface area contributed by atoms with Crippen LogP contribution in [-0.4, -0.2) is 0 Å². The van der Waals surface area contributed by atoms with Gasteiger partial charge in [-0.2, -0.15) is 0 Å². The SMILES string of the molecule is Clc1ccc(SC=CBr)cc1. The van der Waals surface area contributed by atoms with Crippen molar-refractivity contribution in [2.24, 2.45) is 0 Å². The Morgan fingerprint density at radius 1 is 1.27 bits per heavy atom. The minimum Gasteiger partial charge on any atom is -0.0975 e. The summed E-state index contributed by atoms with van der Waals surface area (Å²) >= 11 is 10.5. The van der Waals surface area contributed by atoms with Crippen LogP contribution in [0, 0.1) is 0 Å². The van der Waals surface area contributed by atoms with Gasteiger partial charge in [0, 0.05) is 9.92 Å². The predicted molar refractivity (Wildman–Crippen MR) is 55.4 cm³/mol. The average Bonchev–Trinajstić information content (AvgIpc) is 2.04. The maximum atomic E-state index is 5.71. The van der Waals surface area contributed by atoms with Crippen LogP contribution in [0.1, 0.15) is 0 Å². The van der Waals surface area contributed by atoms with E-state index in [9.17, 15) is 0 Å². The first-order valence-electron chi connectivity index (χ1n) is 3.00.